The molecule has 0 spiro atoms. The third kappa shape index (κ3) is 2.65. The molecule has 0 aliphatic rings. The van der Waals surface area contributed by atoms with E-state index in [0.717, 1.165) is 16.5 Å². The van der Waals surface area contributed by atoms with E-state index in [-0.39, 0.29) is 11.2 Å². The minimum absolute atomic E-state index is 0.0467. The maximum absolute atomic E-state index is 12.3. The Balaban J connectivity index is 2.61. The Morgan fingerprint density at radius 1 is 1.00 bits per heavy atom. The van der Waals surface area contributed by atoms with Crippen LogP contribution in [0, 0.1) is 12.3 Å². The summed E-state index contributed by atoms with van der Waals surface area (Å²) in [6.45, 7) is 14.3. The van der Waals surface area contributed by atoms with Gasteiger partial charge in [-0.15, -0.1) is 0 Å². The number of rotatable bonds is 1. The normalized spacial score (nSPS) is 12.9. The van der Waals surface area contributed by atoms with Crippen LogP contribution in [-0.4, -0.2) is 5.78 Å². The molecule has 0 N–H and O–H groups in total. The molecular weight excluding hydrogens is 248 g/mol. The average Bonchev–Trinajstić information content (AvgIpc) is 2.69. The van der Waals surface area contributed by atoms with Crippen LogP contribution in [0.25, 0.3) is 11.0 Å². The zero-order valence-corrected chi connectivity index (χ0v) is 13.5. The van der Waals surface area contributed by atoms with Crippen LogP contribution in [0.2, 0.25) is 0 Å². The highest BCUT2D eigenvalue weighted by Gasteiger charge is 2.27. The third-order valence-corrected chi connectivity index (χ3v) is 3.57. The summed E-state index contributed by atoms with van der Waals surface area (Å²) in [7, 11) is 0. The lowest BCUT2D eigenvalue weighted by molar-refractivity contribution is 0.0831. The summed E-state index contributed by atoms with van der Waals surface area (Å²) in [4.78, 5) is 12.3. The molecule has 0 radical (unpaired) electrons. The van der Waals surface area contributed by atoms with Crippen molar-refractivity contribution in [2.24, 2.45) is 5.41 Å². The summed E-state index contributed by atoms with van der Waals surface area (Å²) < 4.78 is 5.81. The standard InChI is InChI=1S/C18H24O2/c1-11-8-13(17(2,3)4)9-12-10-14(20-15(11)12)16(19)18(5,6)7/h8-10H,1-7H3. The van der Waals surface area contributed by atoms with Gasteiger partial charge in [-0.25, -0.2) is 0 Å². The van der Waals surface area contributed by atoms with Crippen molar-refractivity contribution < 1.29 is 9.21 Å². The molecule has 108 valence electrons. The highest BCUT2D eigenvalue weighted by Crippen LogP contribution is 2.32. The lowest BCUT2D eigenvalue weighted by Gasteiger charge is -2.19. The van der Waals surface area contributed by atoms with E-state index in [1.165, 1.54) is 5.56 Å². The molecule has 0 bridgehead atoms. The van der Waals surface area contributed by atoms with Gasteiger partial charge in [0, 0.05) is 10.8 Å². The molecule has 0 saturated heterocycles. The van der Waals surface area contributed by atoms with Crippen molar-refractivity contribution in [1.29, 1.82) is 0 Å². The molecule has 0 aliphatic heterocycles. The van der Waals surface area contributed by atoms with Crippen molar-refractivity contribution in [3.63, 3.8) is 0 Å². The van der Waals surface area contributed by atoms with Gasteiger partial charge in [-0.3, -0.25) is 4.79 Å². The Bertz CT molecular complexity index is 661. The van der Waals surface area contributed by atoms with E-state index in [9.17, 15) is 4.79 Å². The number of carbonyl (C=O) groups excluding carboxylic acids is 1. The predicted octanol–water partition coefficient (Wildman–Crippen LogP) is 5.27. The van der Waals surface area contributed by atoms with Gasteiger partial charge in [0.15, 0.2) is 5.76 Å². The first-order valence-corrected chi connectivity index (χ1v) is 7.09. The number of aryl methyl sites for hydroxylation is 1. The molecule has 1 aromatic carbocycles. The van der Waals surface area contributed by atoms with Crippen molar-refractivity contribution in [1.82, 2.24) is 0 Å². The number of Topliss-reactive ketones (excluding diaryl/α,β-unsaturated/α-hetero) is 1. The first-order valence-electron chi connectivity index (χ1n) is 7.09. The molecule has 0 saturated carbocycles. The molecule has 0 fully saturated rings. The fourth-order valence-electron chi connectivity index (χ4n) is 2.24. The van der Waals surface area contributed by atoms with Gasteiger partial charge < -0.3 is 4.42 Å². The van der Waals surface area contributed by atoms with Gasteiger partial charge in [0.2, 0.25) is 5.78 Å². The van der Waals surface area contributed by atoms with Crippen LogP contribution in [-0.2, 0) is 5.41 Å². The van der Waals surface area contributed by atoms with Crippen molar-refractivity contribution >= 4 is 16.8 Å². The third-order valence-electron chi connectivity index (χ3n) is 3.57. The molecule has 1 heterocycles. The van der Waals surface area contributed by atoms with Crippen molar-refractivity contribution in [3.05, 3.63) is 35.1 Å². The van der Waals surface area contributed by atoms with E-state index in [4.69, 9.17) is 4.42 Å². The number of carbonyl (C=O) groups is 1. The van der Waals surface area contributed by atoms with Crippen molar-refractivity contribution in [3.8, 4) is 0 Å². The summed E-state index contributed by atoms with van der Waals surface area (Å²) in [6.07, 6.45) is 0. The maximum atomic E-state index is 12.3. The Hall–Kier alpha value is -1.57. The second-order valence-electron chi connectivity index (χ2n) is 7.65. The molecule has 2 rings (SSSR count). The molecule has 20 heavy (non-hydrogen) atoms. The van der Waals surface area contributed by atoms with Crippen LogP contribution in [0.4, 0.5) is 0 Å². The summed E-state index contributed by atoms with van der Waals surface area (Å²) in [5.74, 6) is 0.507. The van der Waals surface area contributed by atoms with Gasteiger partial charge in [0.25, 0.3) is 0 Å². The minimum atomic E-state index is -0.422. The minimum Gasteiger partial charge on any atom is -0.453 e. The summed E-state index contributed by atoms with van der Waals surface area (Å²) >= 11 is 0. The van der Waals surface area contributed by atoms with Gasteiger partial charge in [0.1, 0.15) is 5.58 Å². The largest absolute Gasteiger partial charge is 0.453 e. The summed E-state index contributed by atoms with van der Waals surface area (Å²) in [5.41, 5.74) is 2.84. The van der Waals surface area contributed by atoms with Crippen molar-refractivity contribution in [2.75, 3.05) is 0 Å². The zero-order valence-electron chi connectivity index (χ0n) is 13.5. The number of furan rings is 1. The monoisotopic (exact) mass is 272 g/mol. The zero-order chi connectivity index (χ0) is 15.3. The second kappa shape index (κ2) is 4.47. The van der Waals surface area contributed by atoms with Gasteiger partial charge >= 0.3 is 0 Å². The van der Waals surface area contributed by atoms with Crippen LogP contribution < -0.4 is 0 Å². The first-order chi connectivity index (χ1) is 9.00. The van der Waals surface area contributed by atoms with E-state index < -0.39 is 5.41 Å². The average molecular weight is 272 g/mol. The van der Waals surface area contributed by atoms with E-state index in [0.29, 0.717) is 5.76 Å². The number of ketones is 1. The van der Waals surface area contributed by atoms with Crippen LogP contribution in [0.5, 0.6) is 0 Å². The topological polar surface area (TPSA) is 30.2 Å². The quantitative estimate of drug-likeness (QED) is 0.662. The Labute approximate surface area is 121 Å². The Morgan fingerprint density at radius 3 is 2.10 bits per heavy atom. The summed E-state index contributed by atoms with van der Waals surface area (Å²) in [6, 6.07) is 6.16. The molecule has 2 aromatic rings. The lowest BCUT2D eigenvalue weighted by Crippen LogP contribution is -2.19. The first kappa shape index (κ1) is 14.8. The molecule has 0 aliphatic carbocycles. The molecule has 0 amide bonds. The van der Waals surface area contributed by atoms with Crippen LogP contribution in [0.15, 0.2) is 22.6 Å². The Kier molecular flexibility index (Phi) is 3.32. The summed E-state index contributed by atoms with van der Waals surface area (Å²) in [5, 5.41) is 1.02. The van der Waals surface area contributed by atoms with Gasteiger partial charge in [-0.2, -0.15) is 0 Å². The highest BCUT2D eigenvalue weighted by molar-refractivity contribution is 6.01. The fraction of sp³-hybridized carbons (Fsp3) is 0.500. The van der Waals surface area contributed by atoms with Gasteiger partial charge in [-0.05, 0) is 35.6 Å². The molecule has 0 atom stereocenters. The molecule has 2 nitrogen and oxygen atoms in total. The second-order valence-corrected chi connectivity index (χ2v) is 7.65. The van der Waals surface area contributed by atoms with Crippen molar-refractivity contribution in [2.45, 2.75) is 53.9 Å². The fourth-order valence-corrected chi connectivity index (χ4v) is 2.24. The SMILES string of the molecule is Cc1cc(C(C)(C)C)cc2cc(C(=O)C(C)(C)C)oc12. The van der Waals surface area contributed by atoms with Crippen LogP contribution in [0.3, 0.4) is 0 Å². The molecule has 0 unspecified atom stereocenters. The predicted molar refractivity (Wildman–Crippen MR) is 83.4 cm³/mol. The molecular formula is C18H24O2. The van der Waals surface area contributed by atoms with E-state index in [1.807, 2.05) is 33.8 Å². The van der Waals surface area contributed by atoms with Crippen LogP contribution in [0.1, 0.15) is 63.2 Å². The smallest absolute Gasteiger partial charge is 0.203 e. The number of hydrogen-bond acceptors (Lipinski definition) is 2. The maximum Gasteiger partial charge on any atom is 0.203 e. The molecule has 1 aromatic heterocycles. The Morgan fingerprint density at radius 2 is 1.60 bits per heavy atom. The lowest BCUT2D eigenvalue weighted by atomic mass is 9.85. The number of hydrogen-bond donors (Lipinski definition) is 0. The van der Waals surface area contributed by atoms with E-state index in [2.05, 4.69) is 32.9 Å². The number of fused-ring (bicyclic) bond motifs is 1. The van der Waals surface area contributed by atoms with Gasteiger partial charge in [-0.1, -0.05) is 47.6 Å². The van der Waals surface area contributed by atoms with E-state index in [1.54, 1.807) is 0 Å². The highest BCUT2D eigenvalue weighted by atomic mass is 16.3. The van der Waals surface area contributed by atoms with Gasteiger partial charge in [0.05, 0.1) is 0 Å². The van der Waals surface area contributed by atoms with E-state index >= 15 is 0 Å². The molecule has 2 heteroatoms. The van der Waals surface area contributed by atoms with Crippen LogP contribution >= 0.6 is 0 Å². The number of benzene rings is 1.